The number of halogens is 2. The summed E-state index contributed by atoms with van der Waals surface area (Å²) in [6, 6.07) is 4.99. The fraction of sp³-hybridized carbons (Fsp3) is 0.300. The van der Waals surface area contributed by atoms with Crippen molar-refractivity contribution < 1.29 is 32.8 Å². The van der Waals surface area contributed by atoms with Gasteiger partial charge in [-0.25, -0.2) is 18.4 Å². The first-order valence-corrected chi connectivity index (χ1v) is 9.20. The maximum Gasteiger partial charge on any atom is 0.338 e. The summed E-state index contributed by atoms with van der Waals surface area (Å²) in [5.41, 5.74) is 0.861. The number of rotatable bonds is 7. The van der Waals surface area contributed by atoms with Crippen molar-refractivity contribution in [2.75, 3.05) is 13.2 Å². The third-order valence-electron chi connectivity index (χ3n) is 4.61. The molecule has 0 radical (unpaired) electrons. The molecule has 0 saturated carbocycles. The Kier molecular flexibility index (Phi) is 6.28. The summed E-state index contributed by atoms with van der Waals surface area (Å²) in [7, 11) is 0. The lowest BCUT2D eigenvalue weighted by atomic mass is 9.99. The highest BCUT2D eigenvalue weighted by atomic mass is 19.1. The molecule has 1 aliphatic rings. The Morgan fingerprint density at radius 1 is 1.34 bits per heavy atom. The van der Waals surface area contributed by atoms with Crippen LogP contribution >= 0.6 is 0 Å². The Bertz CT molecular complexity index is 928. The van der Waals surface area contributed by atoms with Crippen LogP contribution in [0, 0.1) is 11.6 Å². The van der Waals surface area contributed by atoms with Crippen LogP contribution in [0.1, 0.15) is 37.3 Å². The second-order valence-electron chi connectivity index (χ2n) is 6.55. The molecule has 0 spiro atoms. The van der Waals surface area contributed by atoms with Gasteiger partial charge in [-0.15, -0.1) is 0 Å². The van der Waals surface area contributed by atoms with Crippen LogP contribution in [0.4, 0.5) is 13.6 Å². The zero-order valence-electron chi connectivity index (χ0n) is 16.0. The van der Waals surface area contributed by atoms with Crippen LogP contribution in [-0.4, -0.2) is 25.2 Å². The number of nitrogens with one attached hydrogen (secondary N) is 2. The summed E-state index contributed by atoms with van der Waals surface area (Å²) >= 11 is 0. The number of urea groups is 1. The fourth-order valence-electron chi connectivity index (χ4n) is 3.19. The molecule has 0 saturated heterocycles. The summed E-state index contributed by atoms with van der Waals surface area (Å²) in [5, 5.41) is 7.02. The Morgan fingerprint density at radius 2 is 2.14 bits per heavy atom. The van der Waals surface area contributed by atoms with E-state index in [2.05, 4.69) is 10.6 Å². The predicted molar refractivity (Wildman–Crippen MR) is 98.3 cm³/mol. The minimum Gasteiger partial charge on any atom is -0.467 e. The van der Waals surface area contributed by atoms with E-state index in [4.69, 9.17) is 9.15 Å². The minimum absolute atomic E-state index is 0.162. The Hall–Kier alpha value is -3.20. The largest absolute Gasteiger partial charge is 0.467 e. The van der Waals surface area contributed by atoms with Gasteiger partial charge in [-0.3, -0.25) is 0 Å². The summed E-state index contributed by atoms with van der Waals surface area (Å²) in [5.74, 6) is -1.52. The molecular formula is C20H22F2N3O4+. The number of hydrogen-bond donors (Lipinski definition) is 3. The fourth-order valence-corrected chi connectivity index (χ4v) is 3.19. The molecular weight excluding hydrogens is 384 g/mol. The van der Waals surface area contributed by atoms with E-state index in [-0.39, 0.29) is 24.8 Å². The number of hydrogen-bond acceptors (Lipinski definition) is 4. The van der Waals surface area contributed by atoms with E-state index >= 15 is 0 Å². The monoisotopic (exact) mass is 406 g/mol. The minimum atomic E-state index is -0.806. The second-order valence-corrected chi connectivity index (χ2v) is 6.55. The second kappa shape index (κ2) is 8.87. The molecule has 2 aromatic rings. The molecule has 0 fully saturated rings. The number of benzene rings is 1. The number of nitrogens with two attached hydrogens (primary N) is 1. The van der Waals surface area contributed by atoms with E-state index in [9.17, 15) is 18.4 Å². The van der Waals surface area contributed by atoms with Crippen molar-refractivity contribution in [3.63, 3.8) is 0 Å². The number of furan rings is 1. The average Bonchev–Trinajstić information content (AvgIpc) is 3.20. The average molecular weight is 406 g/mol. The zero-order valence-corrected chi connectivity index (χ0v) is 16.0. The molecule has 0 unspecified atom stereocenters. The third-order valence-corrected chi connectivity index (χ3v) is 4.61. The van der Waals surface area contributed by atoms with E-state index in [0.717, 1.165) is 6.07 Å². The zero-order chi connectivity index (χ0) is 21.0. The molecule has 0 bridgehead atoms. The van der Waals surface area contributed by atoms with Gasteiger partial charge in [0.15, 0.2) is 0 Å². The van der Waals surface area contributed by atoms with Gasteiger partial charge in [0, 0.05) is 11.6 Å². The van der Waals surface area contributed by atoms with Gasteiger partial charge in [0.2, 0.25) is 0 Å². The molecule has 0 aliphatic carbocycles. The van der Waals surface area contributed by atoms with E-state index in [1.807, 2.05) is 0 Å². The first-order valence-electron chi connectivity index (χ1n) is 9.20. The molecule has 1 aromatic carbocycles. The van der Waals surface area contributed by atoms with E-state index in [1.54, 1.807) is 31.3 Å². The molecule has 3 rings (SSSR count). The SMILES string of the molecule is CCOC(=O)C1=C(C[NH2+][C@H](C)c2ccc(F)cc2F)NC(=O)N[C@H]1c1ccco1. The molecule has 7 nitrogen and oxygen atoms in total. The molecule has 2 heterocycles. The summed E-state index contributed by atoms with van der Waals surface area (Å²) in [4.78, 5) is 24.7. The quantitative estimate of drug-likeness (QED) is 0.613. The molecule has 2 atom stereocenters. The van der Waals surface area contributed by atoms with Gasteiger partial charge < -0.3 is 25.1 Å². The van der Waals surface area contributed by atoms with Crippen LogP contribution < -0.4 is 16.0 Å². The van der Waals surface area contributed by atoms with Crippen molar-refractivity contribution >= 4 is 12.0 Å². The highest BCUT2D eigenvalue weighted by Gasteiger charge is 2.36. The Morgan fingerprint density at radius 3 is 2.79 bits per heavy atom. The lowest BCUT2D eigenvalue weighted by Crippen LogP contribution is -2.86. The summed E-state index contributed by atoms with van der Waals surface area (Å²) in [6.07, 6.45) is 1.44. The van der Waals surface area contributed by atoms with Gasteiger partial charge in [-0.05, 0) is 38.1 Å². The van der Waals surface area contributed by atoms with Crippen LogP contribution in [0.5, 0.6) is 0 Å². The smallest absolute Gasteiger partial charge is 0.338 e. The number of ether oxygens (including phenoxy) is 1. The van der Waals surface area contributed by atoms with Crippen LogP contribution in [0.3, 0.4) is 0 Å². The van der Waals surface area contributed by atoms with E-state index < -0.39 is 29.7 Å². The van der Waals surface area contributed by atoms with Gasteiger partial charge in [-0.1, -0.05) is 0 Å². The van der Waals surface area contributed by atoms with Crippen LogP contribution in [0.25, 0.3) is 0 Å². The third kappa shape index (κ3) is 4.62. The van der Waals surface area contributed by atoms with Gasteiger partial charge in [0.25, 0.3) is 0 Å². The predicted octanol–water partition coefficient (Wildman–Crippen LogP) is 2.05. The van der Waals surface area contributed by atoms with Gasteiger partial charge >= 0.3 is 12.0 Å². The van der Waals surface area contributed by atoms with Gasteiger partial charge in [-0.2, -0.15) is 0 Å². The Labute approximate surface area is 166 Å². The van der Waals surface area contributed by atoms with Gasteiger partial charge in [0.05, 0.1) is 24.1 Å². The standard InChI is InChI=1S/C20H21F2N3O4/c1-3-28-19(26)17-15(24-20(27)25-18(17)16-5-4-8-29-16)10-23-11(2)13-7-6-12(21)9-14(13)22/h4-9,11,18,23H,3,10H2,1-2H3,(H2,24,25,27)/p+1/t11-,18+/m1/s1. The van der Waals surface area contributed by atoms with Crippen molar-refractivity contribution in [3.05, 3.63) is 70.8 Å². The maximum absolute atomic E-state index is 14.0. The number of amides is 2. The normalized spacial score (nSPS) is 17.5. The van der Waals surface area contributed by atoms with Crippen molar-refractivity contribution in [2.24, 2.45) is 0 Å². The molecule has 1 aliphatic heterocycles. The van der Waals surface area contributed by atoms with E-state index in [1.165, 1.54) is 18.4 Å². The van der Waals surface area contributed by atoms with Crippen molar-refractivity contribution in [3.8, 4) is 0 Å². The highest BCUT2D eigenvalue weighted by Crippen LogP contribution is 2.27. The maximum atomic E-state index is 14.0. The first-order chi connectivity index (χ1) is 13.9. The number of quaternary nitrogens is 1. The van der Waals surface area contributed by atoms with Crippen molar-refractivity contribution in [2.45, 2.75) is 25.9 Å². The molecule has 29 heavy (non-hydrogen) atoms. The lowest BCUT2D eigenvalue weighted by Gasteiger charge is -2.27. The first kappa shape index (κ1) is 20.5. The molecule has 4 N–H and O–H groups in total. The molecule has 154 valence electrons. The van der Waals surface area contributed by atoms with E-state index in [0.29, 0.717) is 17.0 Å². The Balaban J connectivity index is 1.88. The summed E-state index contributed by atoms with van der Waals surface area (Å²) in [6.45, 7) is 3.75. The lowest BCUT2D eigenvalue weighted by molar-refractivity contribution is -0.686. The number of carbonyl (C=O) groups excluding carboxylic acids is 2. The number of esters is 1. The molecule has 2 amide bonds. The van der Waals surface area contributed by atoms with Crippen molar-refractivity contribution in [1.29, 1.82) is 0 Å². The summed E-state index contributed by atoms with van der Waals surface area (Å²) < 4.78 is 37.7. The van der Waals surface area contributed by atoms with Crippen LogP contribution in [0.2, 0.25) is 0 Å². The van der Waals surface area contributed by atoms with Crippen LogP contribution in [-0.2, 0) is 9.53 Å². The molecule has 1 aromatic heterocycles. The van der Waals surface area contributed by atoms with Gasteiger partial charge in [0.1, 0.15) is 36.0 Å². The van der Waals surface area contributed by atoms with Crippen molar-refractivity contribution in [1.82, 2.24) is 10.6 Å². The highest BCUT2D eigenvalue weighted by molar-refractivity contribution is 5.95. The van der Waals surface area contributed by atoms with Crippen LogP contribution in [0.15, 0.2) is 52.3 Å². The number of carbonyl (C=O) groups is 2. The topological polar surface area (TPSA) is 97.2 Å². The molecule has 9 heteroatoms.